The SMILES string of the molecule is COc1ccc(C2=NN(C(=O)CCC(=O)[O-])[C@H](c3cc(OC)ccc3OC)C2)cc1. The summed E-state index contributed by atoms with van der Waals surface area (Å²) in [5, 5.41) is 16.7. The number of benzene rings is 2. The highest BCUT2D eigenvalue weighted by Crippen LogP contribution is 2.39. The summed E-state index contributed by atoms with van der Waals surface area (Å²) >= 11 is 0. The third kappa shape index (κ3) is 4.53. The van der Waals surface area contributed by atoms with Gasteiger partial charge in [0, 0.05) is 24.4 Å². The van der Waals surface area contributed by atoms with Gasteiger partial charge in [-0.1, -0.05) is 0 Å². The van der Waals surface area contributed by atoms with Gasteiger partial charge in [-0.15, -0.1) is 0 Å². The van der Waals surface area contributed by atoms with Gasteiger partial charge in [-0.2, -0.15) is 5.10 Å². The number of ether oxygens (including phenoxy) is 3. The molecule has 8 nitrogen and oxygen atoms in total. The number of amides is 1. The van der Waals surface area contributed by atoms with E-state index < -0.39 is 17.9 Å². The van der Waals surface area contributed by atoms with Crippen molar-refractivity contribution in [1.82, 2.24) is 5.01 Å². The van der Waals surface area contributed by atoms with E-state index in [1.165, 1.54) is 5.01 Å². The third-order valence-corrected chi connectivity index (χ3v) is 4.93. The number of hydrazone groups is 1. The maximum atomic E-state index is 12.8. The monoisotopic (exact) mass is 411 g/mol. The van der Waals surface area contributed by atoms with E-state index in [1.807, 2.05) is 24.3 Å². The minimum atomic E-state index is -1.28. The molecule has 1 heterocycles. The van der Waals surface area contributed by atoms with E-state index in [4.69, 9.17) is 14.2 Å². The molecule has 1 atom stereocenters. The largest absolute Gasteiger partial charge is 0.550 e. The number of aliphatic carboxylic acids is 1. The molecule has 0 radical (unpaired) electrons. The van der Waals surface area contributed by atoms with Gasteiger partial charge in [0.05, 0.1) is 33.1 Å². The predicted octanol–water partition coefficient (Wildman–Crippen LogP) is 1.92. The van der Waals surface area contributed by atoms with Crippen molar-refractivity contribution in [2.45, 2.75) is 25.3 Å². The number of methoxy groups -OCH3 is 3. The van der Waals surface area contributed by atoms with Crippen molar-refractivity contribution in [1.29, 1.82) is 0 Å². The van der Waals surface area contributed by atoms with Gasteiger partial charge in [0.2, 0.25) is 5.91 Å². The molecule has 0 N–H and O–H groups in total. The molecule has 0 saturated carbocycles. The van der Waals surface area contributed by atoms with Crippen molar-refractivity contribution in [3.05, 3.63) is 53.6 Å². The van der Waals surface area contributed by atoms with Crippen molar-refractivity contribution < 1.29 is 28.9 Å². The van der Waals surface area contributed by atoms with Gasteiger partial charge < -0.3 is 24.1 Å². The van der Waals surface area contributed by atoms with Gasteiger partial charge in [0.25, 0.3) is 0 Å². The summed E-state index contributed by atoms with van der Waals surface area (Å²) in [6, 6.07) is 12.3. The molecule has 0 fully saturated rings. The van der Waals surface area contributed by atoms with Crippen LogP contribution in [0.3, 0.4) is 0 Å². The Labute approximate surface area is 174 Å². The summed E-state index contributed by atoms with van der Waals surface area (Å²) in [5.74, 6) is 0.232. The number of carboxylic acids is 1. The molecular weight excluding hydrogens is 388 g/mol. The van der Waals surface area contributed by atoms with Crippen LogP contribution in [0.4, 0.5) is 0 Å². The lowest BCUT2D eigenvalue weighted by Gasteiger charge is -2.24. The molecule has 1 aliphatic rings. The molecule has 2 aromatic carbocycles. The fourth-order valence-corrected chi connectivity index (χ4v) is 3.36. The quantitative estimate of drug-likeness (QED) is 0.658. The van der Waals surface area contributed by atoms with E-state index in [0.29, 0.717) is 29.4 Å². The zero-order valence-corrected chi connectivity index (χ0v) is 17.1. The molecule has 8 heteroatoms. The van der Waals surface area contributed by atoms with Gasteiger partial charge >= 0.3 is 0 Å². The molecule has 158 valence electrons. The van der Waals surface area contributed by atoms with Crippen LogP contribution in [0.25, 0.3) is 0 Å². The second-order valence-electron chi connectivity index (χ2n) is 6.71. The van der Waals surface area contributed by atoms with Crippen LogP contribution < -0.4 is 19.3 Å². The van der Waals surface area contributed by atoms with Crippen LogP contribution in [0.5, 0.6) is 17.2 Å². The fraction of sp³-hybridized carbons (Fsp3) is 0.318. The summed E-state index contributed by atoms with van der Waals surface area (Å²) < 4.78 is 16.0. The molecule has 2 aromatic rings. The van der Waals surface area contributed by atoms with Crippen LogP contribution in [-0.4, -0.2) is 43.9 Å². The van der Waals surface area contributed by atoms with Gasteiger partial charge in [-0.05, 0) is 54.4 Å². The molecule has 0 unspecified atom stereocenters. The lowest BCUT2D eigenvalue weighted by molar-refractivity contribution is -0.305. The van der Waals surface area contributed by atoms with Gasteiger partial charge in [-0.3, -0.25) is 4.79 Å². The maximum Gasteiger partial charge on any atom is 0.243 e. The first-order valence-corrected chi connectivity index (χ1v) is 9.42. The van der Waals surface area contributed by atoms with Crippen molar-refractivity contribution in [2.24, 2.45) is 5.10 Å². The lowest BCUT2D eigenvalue weighted by Crippen LogP contribution is -2.30. The second-order valence-corrected chi connectivity index (χ2v) is 6.71. The molecule has 0 aromatic heterocycles. The number of nitrogens with zero attached hydrogens (tertiary/aromatic N) is 2. The van der Waals surface area contributed by atoms with Gasteiger partial charge in [0.1, 0.15) is 17.2 Å². The number of rotatable bonds is 8. The van der Waals surface area contributed by atoms with Crippen molar-refractivity contribution in [2.75, 3.05) is 21.3 Å². The highest BCUT2D eigenvalue weighted by Gasteiger charge is 2.34. The molecule has 0 spiro atoms. The number of hydrogen-bond acceptors (Lipinski definition) is 7. The first-order valence-electron chi connectivity index (χ1n) is 9.42. The highest BCUT2D eigenvalue weighted by atomic mass is 16.5. The van der Waals surface area contributed by atoms with Crippen LogP contribution >= 0.6 is 0 Å². The van der Waals surface area contributed by atoms with E-state index in [2.05, 4.69) is 5.10 Å². The summed E-state index contributed by atoms with van der Waals surface area (Å²) in [6.45, 7) is 0. The van der Waals surface area contributed by atoms with Gasteiger partial charge in [-0.25, -0.2) is 5.01 Å². The number of carbonyl (C=O) groups is 2. The minimum Gasteiger partial charge on any atom is -0.550 e. The van der Waals surface area contributed by atoms with Gasteiger partial charge in [0.15, 0.2) is 0 Å². The Bertz CT molecular complexity index is 955. The average molecular weight is 411 g/mol. The van der Waals surface area contributed by atoms with Crippen LogP contribution in [0.1, 0.15) is 36.4 Å². The average Bonchev–Trinajstić information content (AvgIpc) is 3.22. The maximum absolute atomic E-state index is 12.8. The number of hydrogen-bond donors (Lipinski definition) is 0. The first kappa shape index (κ1) is 21.2. The zero-order chi connectivity index (χ0) is 21.7. The van der Waals surface area contributed by atoms with Crippen LogP contribution in [-0.2, 0) is 9.59 Å². The van der Waals surface area contributed by atoms with E-state index in [-0.39, 0.29) is 12.8 Å². The highest BCUT2D eigenvalue weighted by molar-refractivity contribution is 6.03. The van der Waals surface area contributed by atoms with Crippen LogP contribution in [0, 0.1) is 0 Å². The Hall–Kier alpha value is -3.55. The molecule has 0 bridgehead atoms. The van der Waals surface area contributed by atoms with Crippen molar-refractivity contribution >= 4 is 17.6 Å². The van der Waals surface area contributed by atoms with Crippen LogP contribution in [0.2, 0.25) is 0 Å². The predicted molar refractivity (Wildman–Crippen MR) is 108 cm³/mol. The minimum absolute atomic E-state index is 0.204. The lowest BCUT2D eigenvalue weighted by atomic mass is 9.97. The van der Waals surface area contributed by atoms with E-state index in [1.54, 1.807) is 39.5 Å². The Morgan fingerprint density at radius 2 is 1.67 bits per heavy atom. The molecule has 30 heavy (non-hydrogen) atoms. The Balaban J connectivity index is 1.98. The summed E-state index contributed by atoms with van der Waals surface area (Å²) in [5.41, 5.74) is 2.28. The standard InChI is InChI=1S/C22H24N2O6/c1-28-15-6-4-14(5-7-15)18-13-19(24(23-18)21(25)10-11-22(26)27)17-12-16(29-2)8-9-20(17)30-3/h4-9,12,19H,10-11,13H2,1-3H3,(H,26,27)/p-1/t19-/m0/s1. The van der Waals surface area contributed by atoms with E-state index >= 15 is 0 Å². The molecule has 1 amide bonds. The number of carbonyl (C=O) groups excluding carboxylic acids is 2. The van der Waals surface area contributed by atoms with E-state index in [0.717, 1.165) is 11.1 Å². The third-order valence-electron chi connectivity index (χ3n) is 4.93. The molecule has 0 aliphatic carbocycles. The van der Waals surface area contributed by atoms with E-state index in [9.17, 15) is 14.7 Å². The first-order chi connectivity index (χ1) is 14.5. The Morgan fingerprint density at radius 1 is 1.00 bits per heavy atom. The van der Waals surface area contributed by atoms with Crippen LogP contribution in [0.15, 0.2) is 47.6 Å². The summed E-state index contributed by atoms with van der Waals surface area (Å²) in [7, 11) is 4.70. The number of carboxylic acid groups (broad SMARTS) is 1. The summed E-state index contributed by atoms with van der Waals surface area (Å²) in [4.78, 5) is 23.6. The Kier molecular flexibility index (Phi) is 6.56. The zero-order valence-electron chi connectivity index (χ0n) is 17.1. The molecule has 0 saturated heterocycles. The normalized spacial score (nSPS) is 15.5. The Morgan fingerprint density at radius 3 is 2.27 bits per heavy atom. The topological polar surface area (TPSA) is 100 Å². The molecular formula is C22H23N2O6-. The fourth-order valence-electron chi connectivity index (χ4n) is 3.36. The second kappa shape index (κ2) is 9.30. The van der Waals surface area contributed by atoms with Crippen molar-refractivity contribution in [3.8, 4) is 17.2 Å². The molecule has 1 aliphatic heterocycles. The molecule has 3 rings (SSSR count). The summed E-state index contributed by atoms with van der Waals surface area (Å²) in [6.07, 6.45) is -0.137. The smallest absolute Gasteiger partial charge is 0.243 e. The van der Waals surface area contributed by atoms with Crippen molar-refractivity contribution in [3.63, 3.8) is 0 Å².